The molecule has 3 N–H and O–H groups in total. The predicted molar refractivity (Wildman–Crippen MR) is 64.9 cm³/mol. The Morgan fingerprint density at radius 2 is 1.78 bits per heavy atom. The van der Waals surface area contributed by atoms with Crippen molar-refractivity contribution in [1.29, 1.82) is 0 Å². The first-order valence-corrected chi connectivity index (χ1v) is 6.64. The number of benzene rings is 1. The van der Waals surface area contributed by atoms with E-state index in [0.717, 1.165) is 0 Å². The summed E-state index contributed by atoms with van der Waals surface area (Å²) >= 11 is 0. The maximum Gasteiger partial charge on any atom is 0.335 e. The van der Waals surface area contributed by atoms with Gasteiger partial charge in [0.05, 0.1) is 22.6 Å². The van der Waals surface area contributed by atoms with Gasteiger partial charge in [-0.25, -0.2) is 17.9 Å². The van der Waals surface area contributed by atoms with Gasteiger partial charge < -0.3 is 10.2 Å². The van der Waals surface area contributed by atoms with Crippen molar-refractivity contribution in [3.05, 3.63) is 29.8 Å². The Kier molecular flexibility index (Phi) is 4.10. The quantitative estimate of drug-likeness (QED) is 0.722. The highest BCUT2D eigenvalue weighted by Gasteiger charge is 2.25. The van der Waals surface area contributed by atoms with Gasteiger partial charge in [-0.15, -0.1) is 0 Å². The van der Waals surface area contributed by atoms with Crippen LogP contribution in [-0.2, 0) is 10.0 Å². The molecule has 0 saturated carbocycles. The molecule has 100 valence electrons. The Balaban J connectivity index is 3.03. The van der Waals surface area contributed by atoms with Crippen molar-refractivity contribution in [1.82, 2.24) is 4.72 Å². The zero-order valence-corrected chi connectivity index (χ0v) is 10.9. The fourth-order valence-electron chi connectivity index (χ4n) is 1.23. The predicted octanol–water partition coefficient (Wildman–Crippen LogP) is 0.434. The van der Waals surface area contributed by atoms with E-state index in [1.54, 1.807) is 0 Å². The van der Waals surface area contributed by atoms with Crippen molar-refractivity contribution in [2.45, 2.75) is 24.3 Å². The van der Waals surface area contributed by atoms with Gasteiger partial charge in [0.1, 0.15) is 0 Å². The fourth-order valence-corrected chi connectivity index (χ4v) is 2.64. The summed E-state index contributed by atoms with van der Waals surface area (Å²) < 4.78 is 26.2. The summed E-state index contributed by atoms with van der Waals surface area (Å²) in [7, 11) is -3.78. The normalized spacial score (nSPS) is 12.4. The molecule has 0 bridgehead atoms. The highest BCUT2D eigenvalue weighted by Crippen LogP contribution is 2.14. The van der Waals surface area contributed by atoms with E-state index >= 15 is 0 Å². The largest absolute Gasteiger partial charge is 0.478 e. The molecule has 0 aliphatic carbocycles. The Labute approximate surface area is 105 Å². The van der Waals surface area contributed by atoms with E-state index in [1.807, 2.05) is 0 Å². The number of carboxylic acid groups (broad SMARTS) is 1. The minimum absolute atomic E-state index is 0.00960. The summed E-state index contributed by atoms with van der Waals surface area (Å²) in [5, 5.41) is 17.7. The van der Waals surface area contributed by atoms with Crippen molar-refractivity contribution in [3.8, 4) is 0 Å². The third-order valence-electron chi connectivity index (χ3n) is 2.22. The Hall–Kier alpha value is -1.44. The molecule has 0 amide bonds. The molecule has 7 heteroatoms. The summed E-state index contributed by atoms with van der Waals surface area (Å²) in [5.74, 6) is -1.12. The van der Waals surface area contributed by atoms with Gasteiger partial charge in [-0.05, 0) is 38.1 Å². The second kappa shape index (κ2) is 5.05. The van der Waals surface area contributed by atoms with Crippen LogP contribution in [0.4, 0.5) is 0 Å². The molecule has 0 spiro atoms. The molecule has 0 aromatic heterocycles. The van der Waals surface area contributed by atoms with Crippen LogP contribution in [0.1, 0.15) is 24.2 Å². The topological polar surface area (TPSA) is 104 Å². The highest BCUT2D eigenvalue weighted by molar-refractivity contribution is 7.89. The van der Waals surface area contributed by atoms with Gasteiger partial charge in [-0.2, -0.15) is 0 Å². The molecule has 1 rings (SSSR count). The summed E-state index contributed by atoms with van der Waals surface area (Å²) in [6.07, 6.45) is 0. The number of carboxylic acids is 1. The van der Waals surface area contributed by atoms with E-state index in [4.69, 9.17) is 10.2 Å². The minimum Gasteiger partial charge on any atom is -0.478 e. The Bertz CT molecular complexity index is 533. The van der Waals surface area contributed by atoms with Crippen molar-refractivity contribution in [2.75, 3.05) is 6.61 Å². The number of hydrogen-bond donors (Lipinski definition) is 3. The van der Waals surface area contributed by atoms with Crippen LogP contribution in [0.5, 0.6) is 0 Å². The number of aliphatic hydroxyl groups is 1. The van der Waals surface area contributed by atoms with E-state index < -0.39 is 21.5 Å². The molecule has 0 unspecified atom stereocenters. The van der Waals surface area contributed by atoms with Crippen LogP contribution in [0, 0.1) is 0 Å². The molecular formula is C11H15NO5S. The second-order valence-corrected chi connectivity index (χ2v) is 6.16. The van der Waals surface area contributed by atoms with Crippen LogP contribution in [-0.4, -0.2) is 36.7 Å². The standard InChI is InChI=1S/C11H15NO5S/c1-11(2,7-13)12-18(16,17)9-5-3-8(4-6-9)10(14)15/h3-6,12-13H,7H2,1-2H3,(H,14,15). The zero-order valence-electron chi connectivity index (χ0n) is 10.0. The summed E-state index contributed by atoms with van der Waals surface area (Å²) in [5.41, 5.74) is -0.972. The van der Waals surface area contributed by atoms with Gasteiger partial charge in [0, 0.05) is 0 Å². The van der Waals surface area contributed by atoms with Gasteiger partial charge in [0.15, 0.2) is 0 Å². The zero-order chi connectivity index (χ0) is 14.0. The number of hydrogen-bond acceptors (Lipinski definition) is 4. The van der Waals surface area contributed by atoms with Crippen molar-refractivity contribution in [3.63, 3.8) is 0 Å². The van der Waals surface area contributed by atoms with Crippen LogP contribution in [0.2, 0.25) is 0 Å². The van der Waals surface area contributed by atoms with Crippen LogP contribution in [0.3, 0.4) is 0 Å². The molecular weight excluding hydrogens is 258 g/mol. The molecule has 1 aromatic carbocycles. The van der Waals surface area contributed by atoms with Crippen molar-refractivity contribution >= 4 is 16.0 Å². The first kappa shape index (κ1) is 14.6. The average Bonchev–Trinajstić information content (AvgIpc) is 2.28. The van der Waals surface area contributed by atoms with Crippen LogP contribution >= 0.6 is 0 Å². The lowest BCUT2D eigenvalue weighted by Gasteiger charge is -2.23. The van der Waals surface area contributed by atoms with E-state index in [2.05, 4.69) is 4.72 Å². The molecule has 0 saturated heterocycles. The van der Waals surface area contributed by atoms with E-state index in [9.17, 15) is 13.2 Å². The highest BCUT2D eigenvalue weighted by atomic mass is 32.2. The third-order valence-corrected chi connectivity index (χ3v) is 3.93. The maximum absolute atomic E-state index is 11.9. The number of carbonyl (C=O) groups is 1. The molecule has 6 nitrogen and oxygen atoms in total. The number of sulfonamides is 1. The van der Waals surface area contributed by atoms with Gasteiger partial charge in [0.2, 0.25) is 10.0 Å². The first-order valence-electron chi connectivity index (χ1n) is 5.16. The van der Waals surface area contributed by atoms with Gasteiger partial charge in [-0.3, -0.25) is 0 Å². The minimum atomic E-state index is -3.78. The Morgan fingerprint density at radius 3 is 2.17 bits per heavy atom. The molecule has 18 heavy (non-hydrogen) atoms. The lowest BCUT2D eigenvalue weighted by Crippen LogP contribution is -2.46. The number of nitrogens with one attached hydrogen (secondary N) is 1. The maximum atomic E-state index is 11.9. The van der Waals surface area contributed by atoms with E-state index in [0.29, 0.717) is 0 Å². The van der Waals surface area contributed by atoms with Gasteiger partial charge in [-0.1, -0.05) is 0 Å². The van der Waals surface area contributed by atoms with Crippen molar-refractivity contribution in [2.24, 2.45) is 0 Å². The second-order valence-electron chi connectivity index (χ2n) is 4.48. The molecule has 0 aliphatic heterocycles. The molecule has 0 fully saturated rings. The monoisotopic (exact) mass is 273 g/mol. The average molecular weight is 273 g/mol. The summed E-state index contributed by atoms with van der Waals surface area (Å²) in [6, 6.07) is 4.84. The molecule has 0 atom stereocenters. The van der Waals surface area contributed by atoms with Crippen molar-refractivity contribution < 1.29 is 23.4 Å². The molecule has 1 aromatic rings. The SMILES string of the molecule is CC(C)(CO)NS(=O)(=O)c1ccc(C(=O)O)cc1. The third kappa shape index (κ3) is 3.52. The summed E-state index contributed by atoms with van der Waals surface area (Å²) in [6.45, 7) is 2.73. The van der Waals surface area contributed by atoms with E-state index in [1.165, 1.54) is 38.1 Å². The smallest absolute Gasteiger partial charge is 0.335 e. The lowest BCUT2D eigenvalue weighted by molar-refractivity contribution is 0.0696. The van der Waals surface area contributed by atoms with Crippen LogP contribution in [0.15, 0.2) is 29.2 Å². The first-order chi connectivity index (χ1) is 8.18. The number of aliphatic hydroxyl groups excluding tert-OH is 1. The fraction of sp³-hybridized carbons (Fsp3) is 0.364. The van der Waals surface area contributed by atoms with E-state index in [-0.39, 0.29) is 17.1 Å². The summed E-state index contributed by atoms with van der Waals surface area (Å²) in [4.78, 5) is 10.6. The van der Waals surface area contributed by atoms with Gasteiger partial charge >= 0.3 is 5.97 Å². The molecule has 0 aliphatic rings. The van der Waals surface area contributed by atoms with Crippen LogP contribution < -0.4 is 4.72 Å². The van der Waals surface area contributed by atoms with Gasteiger partial charge in [0.25, 0.3) is 0 Å². The Morgan fingerprint density at radius 1 is 1.28 bits per heavy atom. The van der Waals surface area contributed by atoms with Crippen LogP contribution in [0.25, 0.3) is 0 Å². The number of rotatable bonds is 5. The molecule has 0 radical (unpaired) electrons. The lowest BCUT2D eigenvalue weighted by atomic mass is 10.1. The molecule has 0 heterocycles. The number of aromatic carboxylic acids is 1.